The van der Waals surface area contributed by atoms with Crippen molar-refractivity contribution in [3.05, 3.63) is 34.1 Å². The fraction of sp³-hybridized carbons (Fsp3) is 0.538. The molecule has 16 heavy (non-hydrogen) atoms. The van der Waals surface area contributed by atoms with Gasteiger partial charge in [0.1, 0.15) is 5.82 Å². The van der Waals surface area contributed by atoms with E-state index in [0.29, 0.717) is 16.5 Å². The van der Waals surface area contributed by atoms with E-state index in [0.717, 1.165) is 18.4 Å². The molecule has 0 aliphatic heterocycles. The van der Waals surface area contributed by atoms with Gasteiger partial charge in [-0.15, -0.1) is 11.6 Å². The van der Waals surface area contributed by atoms with E-state index >= 15 is 0 Å². The summed E-state index contributed by atoms with van der Waals surface area (Å²) in [6.07, 6.45) is 1.99. The highest BCUT2D eigenvalue weighted by Crippen LogP contribution is 2.37. The van der Waals surface area contributed by atoms with Crippen LogP contribution in [0.2, 0.25) is 5.02 Å². The maximum atomic E-state index is 13.3. The van der Waals surface area contributed by atoms with Crippen LogP contribution < -0.4 is 0 Å². The molecule has 3 heteroatoms. The zero-order valence-electron chi connectivity index (χ0n) is 9.86. The second kappa shape index (κ2) is 5.88. The van der Waals surface area contributed by atoms with E-state index in [2.05, 4.69) is 13.8 Å². The Morgan fingerprint density at radius 2 is 1.81 bits per heavy atom. The Morgan fingerprint density at radius 1 is 1.25 bits per heavy atom. The third-order valence-corrected chi connectivity index (χ3v) is 3.96. The van der Waals surface area contributed by atoms with Gasteiger partial charge in [-0.2, -0.15) is 0 Å². The van der Waals surface area contributed by atoms with Crippen LogP contribution >= 0.6 is 23.2 Å². The average Bonchev–Trinajstić information content (AvgIpc) is 2.25. The van der Waals surface area contributed by atoms with E-state index in [4.69, 9.17) is 23.2 Å². The largest absolute Gasteiger partial charge is 0.207 e. The van der Waals surface area contributed by atoms with Gasteiger partial charge in [-0.1, -0.05) is 44.4 Å². The van der Waals surface area contributed by atoms with E-state index in [1.807, 2.05) is 0 Å². The van der Waals surface area contributed by atoms with Crippen LogP contribution in [0.5, 0.6) is 0 Å². The molecule has 0 amide bonds. The van der Waals surface area contributed by atoms with Crippen LogP contribution in [0.1, 0.15) is 43.2 Å². The number of rotatable bonds is 4. The summed E-state index contributed by atoms with van der Waals surface area (Å²) in [7, 11) is 0. The molecule has 1 aromatic rings. The molecule has 0 bridgehead atoms. The number of benzene rings is 1. The Balaban J connectivity index is 3.07. The van der Waals surface area contributed by atoms with Gasteiger partial charge in [-0.05, 0) is 30.0 Å². The van der Waals surface area contributed by atoms with Gasteiger partial charge in [0.2, 0.25) is 0 Å². The lowest BCUT2D eigenvalue weighted by Gasteiger charge is -2.21. The maximum absolute atomic E-state index is 13.3. The van der Waals surface area contributed by atoms with Crippen LogP contribution in [0.4, 0.5) is 4.39 Å². The summed E-state index contributed by atoms with van der Waals surface area (Å²) >= 11 is 12.4. The Bertz CT molecular complexity index is 359. The molecule has 0 radical (unpaired) electrons. The lowest BCUT2D eigenvalue weighted by molar-refractivity contribution is 0.475. The third kappa shape index (κ3) is 2.89. The van der Waals surface area contributed by atoms with E-state index < -0.39 is 0 Å². The quantitative estimate of drug-likeness (QED) is 0.629. The maximum Gasteiger partial charge on any atom is 0.127 e. The molecule has 0 spiro atoms. The van der Waals surface area contributed by atoms with Gasteiger partial charge in [0, 0.05) is 5.02 Å². The lowest BCUT2D eigenvalue weighted by Crippen LogP contribution is -2.07. The van der Waals surface area contributed by atoms with Crippen LogP contribution in [0.15, 0.2) is 12.1 Å². The normalized spacial score (nSPS) is 13.2. The molecule has 1 unspecified atom stereocenters. The summed E-state index contributed by atoms with van der Waals surface area (Å²) in [5.74, 6) is 0.103. The summed E-state index contributed by atoms with van der Waals surface area (Å²) in [6.45, 7) is 5.94. The SMILES string of the molecule is CCC(CC)C(Cl)c1cc(C)c(F)cc1Cl. The lowest BCUT2D eigenvalue weighted by atomic mass is 9.93. The van der Waals surface area contributed by atoms with Crippen molar-refractivity contribution in [1.29, 1.82) is 0 Å². The standard InChI is InChI=1S/C13H17Cl2F/c1-4-9(5-2)13(15)10-6-8(3)12(16)7-11(10)14/h6-7,9,13H,4-5H2,1-3H3. The number of alkyl halides is 1. The highest BCUT2D eigenvalue weighted by atomic mass is 35.5. The zero-order chi connectivity index (χ0) is 12.3. The Hall–Kier alpha value is -0.270. The second-order valence-electron chi connectivity index (χ2n) is 4.10. The molecule has 1 aromatic carbocycles. The molecule has 0 aliphatic carbocycles. The molecule has 0 saturated heterocycles. The van der Waals surface area contributed by atoms with Crippen LogP contribution in [0, 0.1) is 18.7 Å². The summed E-state index contributed by atoms with van der Waals surface area (Å²) in [5.41, 5.74) is 1.44. The molecular formula is C13H17Cl2F. The van der Waals surface area contributed by atoms with Crippen molar-refractivity contribution < 1.29 is 4.39 Å². The zero-order valence-corrected chi connectivity index (χ0v) is 11.4. The summed E-state index contributed by atoms with van der Waals surface area (Å²) < 4.78 is 13.3. The third-order valence-electron chi connectivity index (χ3n) is 3.04. The number of hydrogen-bond acceptors (Lipinski definition) is 0. The van der Waals surface area contributed by atoms with Crippen LogP contribution in [-0.2, 0) is 0 Å². The molecule has 0 nitrogen and oxygen atoms in total. The summed E-state index contributed by atoms with van der Waals surface area (Å²) in [4.78, 5) is 0. The number of aryl methyl sites for hydroxylation is 1. The van der Waals surface area contributed by atoms with E-state index in [1.54, 1.807) is 13.0 Å². The van der Waals surface area contributed by atoms with Gasteiger partial charge in [0.05, 0.1) is 5.38 Å². The fourth-order valence-corrected chi connectivity index (χ4v) is 2.71. The first-order chi connectivity index (χ1) is 7.51. The van der Waals surface area contributed by atoms with Gasteiger partial charge in [0.25, 0.3) is 0 Å². The molecule has 0 saturated carbocycles. The first-order valence-corrected chi connectivity index (χ1v) is 6.42. The first-order valence-electron chi connectivity index (χ1n) is 5.60. The van der Waals surface area contributed by atoms with Crippen molar-refractivity contribution in [3.63, 3.8) is 0 Å². The topological polar surface area (TPSA) is 0 Å². The van der Waals surface area contributed by atoms with E-state index in [1.165, 1.54) is 6.07 Å². The van der Waals surface area contributed by atoms with Crippen LogP contribution in [-0.4, -0.2) is 0 Å². The Kier molecular flexibility index (Phi) is 5.07. The minimum atomic E-state index is -0.276. The van der Waals surface area contributed by atoms with Crippen molar-refractivity contribution in [1.82, 2.24) is 0 Å². The molecule has 1 atom stereocenters. The molecular weight excluding hydrogens is 246 g/mol. The monoisotopic (exact) mass is 262 g/mol. The molecule has 0 fully saturated rings. The van der Waals surface area contributed by atoms with Crippen molar-refractivity contribution in [3.8, 4) is 0 Å². The second-order valence-corrected chi connectivity index (χ2v) is 4.98. The predicted octanol–water partition coefficient (Wildman–Crippen LogP) is 5.50. The summed E-state index contributed by atoms with van der Waals surface area (Å²) in [6, 6.07) is 3.11. The van der Waals surface area contributed by atoms with Crippen molar-refractivity contribution >= 4 is 23.2 Å². The van der Waals surface area contributed by atoms with Gasteiger partial charge >= 0.3 is 0 Å². The Morgan fingerprint density at radius 3 is 2.31 bits per heavy atom. The molecule has 0 heterocycles. The Labute approximate surface area is 107 Å². The van der Waals surface area contributed by atoms with E-state index in [9.17, 15) is 4.39 Å². The van der Waals surface area contributed by atoms with Gasteiger partial charge < -0.3 is 0 Å². The molecule has 0 N–H and O–H groups in total. The van der Waals surface area contributed by atoms with E-state index in [-0.39, 0.29) is 11.2 Å². The van der Waals surface area contributed by atoms with Crippen molar-refractivity contribution in [2.75, 3.05) is 0 Å². The molecule has 1 rings (SSSR count). The van der Waals surface area contributed by atoms with Gasteiger partial charge in [-0.3, -0.25) is 0 Å². The van der Waals surface area contributed by atoms with Crippen molar-refractivity contribution in [2.45, 2.75) is 39.0 Å². The number of hydrogen-bond donors (Lipinski definition) is 0. The average molecular weight is 263 g/mol. The molecule has 0 aliphatic rings. The van der Waals surface area contributed by atoms with Crippen molar-refractivity contribution in [2.24, 2.45) is 5.92 Å². The minimum Gasteiger partial charge on any atom is -0.207 e. The first kappa shape index (κ1) is 13.8. The highest BCUT2D eigenvalue weighted by molar-refractivity contribution is 6.32. The molecule has 0 aromatic heterocycles. The summed E-state index contributed by atoms with van der Waals surface area (Å²) in [5, 5.41) is 0.289. The highest BCUT2D eigenvalue weighted by Gasteiger charge is 2.21. The van der Waals surface area contributed by atoms with Crippen LogP contribution in [0.3, 0.4) is 0 Å². The van der Waals surface area contributed by atoms with Crippen LogP contribution in [0.25, 0.3) is 0 Å². The predicted molar refractivity (Wildman–Crippen MR) is 68.8 cm³/mol. The smallest absolute Gasteiger partial charge is 0.127 e. The van der Waals surface area contributed by atoms with Gasteiger partial charge in [-0.25, -0.2) is 4.39 Å². The van der Waals surface area contributed by atoms with Gasteiger partial charge in [0.15, 0.2) is 0 Å². The minimum absolute atomic E-state index is 0.137. The molecule has 90 valence electrons. The number of halogens is 3. The fourth-order valence-electron chi connectivity index (χ4n) is 1.85.